The van der Waals surface area contributed by atoms with Crippen LogP contribution in [0.5, 0.6) is 0 Å². The maximum atomic E-state index is 13.0. The number of rotatable bonds is 8. The monoisotopic (exact) mass is 578 g/mol. The molecular formula is C29H34N6O5S. The van der Waals surface area contributed by atoms with Crippen molar-refractivity contribution in [1.82, 2.24) is 24.9 Å². The molecule has 1 aliphatic rings. The van der Waals surface area contributed by atoms with Gasteiger partial charge in [0.15, 0.2) is 5.69 Å². The van der Waals surface area contributed by atoms with Gasteiger partial charge in [-0.1, -0.05) is 33.1 Å². The van der Waals surface area contributed by atoms with E-state index in [0.717, 1.165) is 23.1 Å². The minimum absolute atomic E-state index is 0. The molecule has 11 nitrogen and oxygen atoms in total. The zero-order valence-electron chi connectivity index (χ0n) is 22.2. The molecular weight excluding hydrogens is 544 g/mol. The summed E-state index contributed by atoms with van der Waals surface area (Å²) in [5, 5.41) is 18.3. The van der Waals surface area contributed by atoms with Crippen LogP contribution in [-0.4, -0.2) is 49.1 Å². The van der Waals surface area contributed by atoms with E-state index in [1.807, 2.05) is 13.0 Å². The van der Waals surface area contributed by atoms with Crippen LogP contribution in [0.25, 0.3) is 5.78 Å². The zero-order chi connectivity index (χ0) is 28.8. The van der Waals surface area contributed by atoms with Crippen molar-refractivity contribution in [3.8, 4) is 0 Å². The van der Waals surface area contributed by atoms with Crippen molar-refractivity contribution in [2.24, 2.45) is 5.73 Å². The van der Waals surface area contributed by atoms with E-state index in [9.17, 15) is 19.5 Å². The summed E-state index contributed by atoms with van der Waals surface area (Å²) in [6.45, 7) is 8.36. The number of thiophene rings is 1. The maximum Gasteiger partial charge on any atom is 0.354 e. The summed E-state index contributed by atoms with van der Waals surface area (Å²) in [4.78, 5) is 45.7. The number of nitrogens with two attached hydrogens (primary N) is 1. The van der Waals surface area contributed by atoms with Crippen molar-refractivity contribution < 1.29 is 24.2 Å². The number of carboxylic acids is 1. The predicted octanol–water partition coefficient (Wildman–Crippen LogP) is 4.30. The number of aryl methyl sites for hydroxylation is 1. The van der Waals surface area contributed by atoms with E-state index in [1.54, 1.807) is 17.4 Å². The van der Waals surface area contributed by atoms with Gasteiger partial charge in [0.25, 0.3) is 11.7 Å². The van der Waals surface area contributed by atoms with Crippen LogP contribution in [0.3, 0.4) is 0 Å². The highest BCUT2D eigenvalue weighted by Gasteiger charge is 2.29. The van der Waals surface area contributed by atoms with E-state index in [-0.39, 0.29) is 37.2 Å². The van der Waals surface area contributed by atoms with Crippen LogP contribution in [0.15, 0.2) is 48.6 Å². The number of aromatic nitrogens is 4. The highest BCUT2D eigenvalue weighted by Crippen LogP contribution is 2.35. The van der Waals surface area contributed by atoms with Gasteiger partial charge in [-0.2, -0.15) is 14.6 Å². The number of aromatic carboxylic acids is 1. The first-order chi connectivity index (χ1) is 19.3. The van der Waals surface area contributed by atoms with Crippen LogP contribution >= 0.6 is 11.3 Å². The maximum absolute atomic E-state index is 13.0. The van der Waals surface area contributed by atoms with Gasteiger partial charge < -0.3 is 20.9 Å². The van der Waals surface area contributed by atoms with Crippen molar-refractivity contribution in [2.75, 3.05) is 6.61 Å². The molecule has 1 aliphatic carbocycles. The van der Waals surface area contributed by atoms with Gasteiger partial charge in [0.2, 0.25) is 0 Å². The van der Waals surface area contributed by atoms with Crippen LogP contribution in [0.4, 0.5) is 0 Å². The molecule has 1 aromatic carbocycles. The number of amides is 1. The lowest BCUT2D eigenvalue weighted by molar-refractivity contribution is 0.0548. The molecule has 0 fully saturated rings. The number of hydrogen-bond donors (Lipinski definition) is 3. The van der Waals surface area contributed by atoms with Gasteiger partial charge in [0.05, 0.1) is 11.6 Å². The summed E-state index contributed by atoms with van der Waals surface area (Å²) in [5.74, 6) is -2.16. The number of fused-ring (bicyclic) bond motifs is 2. The lowest BCUT2D eigenvalue weighted by Gasteiger charge is -2.16. The smallest absolute Gasteiger partial charge is 0.354 e. The molecule has 216 valence electrons. The third-order valence-electron chi connectivity index (χ3n) is 6.55. The fourth-order valence-electron chi connectivity index (χ4n) is 4.50. The SMILES string of the molecule is C.C=CCOC(=O)c1ccc2c(c1C)CC[C@@H]2NC(=O)c1cc(C(=O)O)nc2ncnn12.CCc1cc(CN)cs1. The predicted molar refractivity (Wildman–Crippen MR) is 156 cm³/mol. The van der Waals surface area contributed by atoms with E-state index >= 15 is 0 Å². The average molecular weight is 579 g/mol. The second-order valence-electron chi connectivity index (χ2n) is 9.04. The number of esters is 1. The number of carbonyl (C=O) groups is 3. The molecule has 4 N–H and O–H groups in total. The highest BCUT2D eigenvalue weighted by molar-refractivity contribution is 7.10. The standard InChI is InChI=1S/C21H19N5O5.C7H11NS.CH4/c1-3-8-31-20(30)13-4-5-14-12(11(13)2)6-7-15(14)24-18(27)17-9-16(19(28)29)25-21-22-10-23-26(17)21;1-2-7-3-6(4-8)5-9-7;/h3-5,9-10,15H,1,6-8H2,2H3,(H,24,27)(H,28,29);3,5H,2,4,8H2,1H3;1H4/t15-;;/m0../s1. The summed E-state index contributed by atoms with van der Waals surface area (Å²) in [6.07, 6.45) is 5.17. The first kappa shape index (κ1) is 31.1. The largest absolute Gasteiger partial charge is 0.477 e. The number of nitrogens with one attached hydrogen (secondary N) is 1. The summed E-state index contributed by atoms with van der Waals surface area (Å²) in [7, 11) is 0. The minimum Gasteiger partial charge on any atom is -0.477 e. The molecule has 4 aromatic rings. The molecule has 0 saturated heterocycles. The third-order valence-corrected chi connectivity index (χ3v) is 7.68. The number of nitrogens with zero attached hydrogens (tertiary/aromatic N) is 4. The fraction of sp³-hybridized carbons (Fsp3) is 0.310. The number of carbonyl (C=O) groups excluding carboxylic acids is 2. The van der Waals surface area contributed by atoms with E-state index in [4.69, 9.17) is 10.5 Å². The molecule has 5 rings (SSSR count). The molecule has 0 bridgehead atoms. The summed E-state index contributed by atoms with van der Waals surface area (Å²) in [5.41, 5.74) is 9.62. The van der Waals surface area contributed by atoms with Gasteiger partial charge in [0.1, 0.15) is 18.6 Å². The Morgan fingerprint density at radius 2 is 2.10 bits per heavy atom. The Morgan fingerprint density at radius 3 is 2.73 bits per heavy atom. The van der Waals surface area contributed by atoms with Crippen LogP contribution in [0.2, 0.25) is 0 Å². The molecule has 12 heteroatoms. The lowest BCUT2D eigenvalue weighted by Crippen LogP contribution is -2.29. The van der Waals surface area contributed by atoms with Crippen molar-refractivity contribution in [3.05, 3.63) is 92.7 Å². The molecule has 0 aliphatic heterocycles. The van der Waals surface area contributed by atoms with Crippen molar-refractivity contribution in [3.63, 3.8) is 0 Å². The first-order valence-corrected chi connectivity index (χ1v) is 13.6. The Kier molecular flexibility index (Phi) is 10.5. The summed E-state index contributed by atoms with van der Waals surface area (Å²) >= 11 is 1.79. The van der Waals surface area contributed by atoms with Gasteiger partial charge in [-0.3, -0.25) is 4.79 Å². The van der Waals surface area contributed by atoms with Crippen LogP contribution in [0.1, 0.15) is 85.3 Å². The van der Waals surface area contributed by atoms with Crippen molar-refractivity contribution in [2.45, 2.75) is 53.1 Å². The Bertz CT molecular complexity index is 1560. The number of ether oxygens (including phenoxy) is 1. The lowest BCUT2D eigenvalue weighted by atomic mass is 9.98. The second kappa shape index (κ2) is 13.8. The van der Waals surface area contributed by atoms with Crippen LogP contribution < -0.4 is 11.1 Å². The molecule has 1 atom stereocenters. The molecule has 3 aromatic heterocycles. The van der Waals surface area contributed by atoms with Gasteiger partial charge in [-0.25, -0.2) is 14.6 Å². The molecule has 0 saturated carbocycles. The van der Waals surface area contributed by atoms with E-state index in [2.05, 4.69) is 45.3 Å². The first-order valence-electron chi connectivity index (χ1n) is 12.7. The molecule has 1 amide bonds. The summed E-state index contributed by atoms with van der Waals surface area (Å²) in [6, 6.07) is 6.54. The van der Waals surface area contributed by atoms with E-state index < -0.39 is 17.8 Å². The molecule has 41 heavy (non-hydrogen) atoms. The van der Waals surface area contributed by atoms with E-state index in [1.165, 1.54) is 33.4 Å². The van der Waals surface area contributed by atoms with E-state index in [0.29, 0.717) is 24.9 Å². The number of carboxylic acid groups (broad SMARTS) is 1. The Morgan fingerprint density at radius 1 is 1.32 bits per heavy atom. The Balaban J connectivity index is 0.000000396. The topological polar surface area (TPSA) is 162 Å². The zero-order valence-corrected chi connectivity index (χ0v) is 23.0. The minimum atomic E-state index is -1.27. The quantitative estimate of drug-likeness (QED) is 0.204. The molecule has 0 radical (unpaired) electrons. The molecule has 3 heterocycles. The van der Waals surface area contributed by atoms with Gasteiger partial charge >= 0.3 is 11.9 Å². The van der Waals surface area contributed by atoms with Gasteiger partial charge in [-0.15, -0.1) is 11.3 Å². The van der Waals surface area contributed by atoms with Crippen LogP contribution in [-0.2, 0) is 24.1 Å². The highest BCUT2D eigenvalue weighted by atomic mass is 32.1. The molecule has 0 unspecified atom stereocenters. The second-order valence-corrected chi connectivity index (χ2v) is 10.0. The molecule has 0 spiro atoms. The fourth-order valence-corrected chi connectivity index (χ4v) is 5.35. The average Bonchev–Trinajstić information content (AvgIpc) is 3.71. The third kappa shape index (κ3) is 6.84. The van der Waals surface area contributed by atoms with Gasteiger partial charge in [-0.05, 0) is 66.0 Å². The number of benzene rings is 1. The Hall–Kier alpha value is -4.42. The Labute approximate surface area is 242 Å². The summed E-state index contributed by atoms with van der Waals surface area (Å²) < 4.78 is 6.33. The van der Waals surface area contributed by atoms with Crippen molar-refractivity contribution >= 4 is 35.0 Å². The van der Waals surface area contributed by atoms with Crippen molar-refractivity contribution in [1.29, 1.82) is 0 Å². The van der Waals surface area contributed by atoms with Gasteiger partial charge in [0, 0.05) is 17.5 Å². The van der Waals surface area contributed by atoms with Crippen LogP contribution in [0, 0.1) is 6.92 Å². The normalized spacial score (nSPS) is 13.4. The number of hydrogen-bond acceptors (Lipinski definition) is 9.